The van der Waals surface area contributed by atoms with Crippen LogP contribution in [-0.4, -0.2) is 48.4 Å². The summed E-state index contributed by atoms with van der Waals surface area (Å²) in [5.74, 6) is 1.38. The van der Waals surface area contributed by atoms with Crippen LogP contribution >= 0.6 is 0 Å². The molecule has 4 aromatic rings. The van der Waals surface area contributed by atoms with Gasteiger partial charge in [-0.2, -0.15) is 10.1 Å². The third kappa shape index (κ3) is 5.11. The number of carbonyl (C=O) groups excluding carboxylic acids is 1. The van der Waals surface area contributed by atoms with Gasteiger partial charge in [0.1, 0.15) is 5.75 Å². The maximum absolute atomic E-state index is 12.7. The van der Waals surface area contributed by atoms with E-state index in [1.165, 1.54) is 10.7 Å². The van der Waals surface area contributed by atoms with Crippen molar-refractivity contribution in [2.24, 2.45) is 0 Å². The van der Waals surface area contributed by atoms with Crippen molar-refractivity contribution in [3.05, 3.63) is 70.0 Å². The number of nitrogens with zero attached hydrogens (tertiary/aromatic N) is 6. The number of carbonyl (C=O) groups is 1. The van der Waals surface area contributed by atoms with Gasteiger partial charge in [0.15, 0.2) is 5.82 Å². The van der Waals surface area contributed by atoms with Crippen LogP contribution in [-0.2, 0) is 17.8 Å². The highest BCUT2D eigenvalue weighted by molar-refractivity contribution is 5.78. The molecule has 0 radical (unpaired) electrons. The van der Waals surface area contributed by atoms with Crippen LogP contribution in [0.25, 0.3) is 17.0 Å². The van der Waals surface area contributed by atoms with Crippen LogP contribution in [0.4, 0.5) is 0 Å². The van der Waals surface area contributed by atoms with Crippen molar-refractivity contribution in [3.63, 3.8) is 0 Å². The number of nitrogens with one attached hydrogen (secondary N) is 1. The number of fused-ring (bicyclic) bond motifs is 1. The SMILES string of the molecule is CC[C@H](Cn1nc(-c2ccc(OC)cc2)ccc1=O)NC(=O)Cc1nc2nc(C)cc(C)n2n1. The summed E-state index contributed by atoms with van der Waals surface area (Å²) in [5.41, 5.74) is 3.03. The molecule has 1 amide bonds. The van der Waals surface area contributed by atoms with Gasteiger partial charge in [0, 0.05) is 29.1 Å². The molecule has 3 aromatic heterocycles. The molecule has 0 aliphatic heterocycles. The standard InChI is InChI=1S/C24H27N7O3/c1-5-18(26-22(32)13-21-27-24-25-15(2)12-16(3)31(24)29-21)14-30-23(33)11-10-20(28-30)17-6-8-19(34-4)9-7-17/h6-12,18H,5,13-14H2,1-4H3,(H,26,32)/t18-/m1/s1. The molecule has 0 saturated heterocycles. The van der Waals surface area contributed by atoms with Crippen LogP contribution in [0.1, 0.15) is 30.6 Å². The van der Waals surface area contributed by atoms with Crippen LogP contribution in [0.15, 0.2) is 47.3 Å². The molecule has 10 nitrogen and oxygen atoms in total. The van der Waals surface area contributed by atoms with Gasteiger partial charge >= 0.3 is 0 Å². The van der Waals surface area contributed by atoms with E-state index in [4.69, 9.17) is 4.74 Å². The van der Waals surface area contributed by atoms with E-state index in [-0.39, 0.29) is 30.5 Å². The fourth-order valence-electron chi connectivity index (χ4n) is 3.69. The van der Waals surface area contributed by atoms with Gasteiger partial charge in [0.25, 0.3) is 11.3 Å². The summed E-state index contributed by atoms with van der Waals surface area (Å²) < 4.78 is 8.20. The van der Waals surface area contributed by atoms with Crippen molar-refractivity contribution >= 4 is 11.7 Å². The van der Waals surface area contributed by atoms with Gasteiger partial charge in [-0.15, -0.1) is 5.10 Å². The molecule has 0 fully saturated rings. The van der Waals surface area contributed by atoms with Crippen molar-refractivity contribution in [2.45, 2.75) is 46.2 Å². The minimum Gasteiger partial charge on any atom is -0.497 e. The van der Waals surface area contributed by atoms with Crippen molar-refractivity contribution in [3.8, 4) is 17.0 Å². The monoisotopic (exact) mass is 461 g/mol. The lowest BCUT2D eigenvalue weighted by molar-refractivity contribution is -0.121. The summed E-state index contributed by atoms with van der Waals surface area (Å²) in [6.07, 6.45) is 0.650. The summed E-state index contributed by atoms with van der Waals surface area (Å²) in [6.45, 7) is 6.00. The van der Waals surface area contributed by atoms with Gasteiger partial charge < -0.3 is 10.1 Å². The second kappa shape index (κ2) is 9.82. The second-order valence-corrected chi connectivity index (χ2v) is 8.10. The maximum atomic E-state index is 12.7. The largest absolute Gasteiger partial charge is 0.497 e. The number of methoxy groups -OCH3 is 1. The van der Waals surface area contributed by atoms with Crippen LogP contribution < -0.4 is 15.6 Å². The Bertz CT molecular complexity index is 1380. The van der Waals surface area contributed by atoms with Gasteiger partial charge in [-0.1, -0.05) is 6.92 Å². The van der Waals surface area contributed by atoms with Crippen LogP contribution in [0.3, 0.4) is 0 Å². The number of aryl methyl sites for hydroxylation is 2. The number of amides is 1. The first-order chi connectivity index (χ1) is 16.4. The molecule has 0 saturated carbocycles. The molecule has 0 spiro atoms. The van der Waals surface area contributed by atoms with Crippen LogP contribution in [0, 0.1) is 13.8 Å². The molecular weight excluding hydrogens is 434 g/mol. The maximum Gasteiger partial charge on any atom is 0.266 e. The molecule has 4 rings (SSSR count). The van der Waals surface area contributed by atoms with Gasteiger partial charge in [0.05, 0.1) is 25.8 Å². The minimum atomic E-state index is -0.275. The molecule has 1 atom stereocenters. The Morgan fingerprint density at radius 3 is 2.56 bits per heavy atom. The Hall–Kier alpha value is -4.08. The zero-order chi connectivity index (χ0) is 24.2. The van der Waals surface area contributed by atoms with Crippen molar-refractivity contribution in [1.82, 2.24) is 34.7 Å². The normalized spacial score (nSPS) is 12.0. The Morgan fingerprint density at radius 1 is 1.09 bits per heavy atom. The van der Waals surface area contributed by atoms with Crippen molar-refractivity contribution < 1.29 is 9.53 Å². The molecule has 1 N–H and O–H groups in total. The third-order valence-electron chi connectivity index (χ3n) is 5.48. The highest BCUT2D eigenvalue weighted by Crippen LogP contribution is 2.19. The van der Waals surface area contributed by atoms with E-state index in [0.29, 0.717) is 23.7 Å². The van der Waals surface area contributed by atoms with Crippen molar-refractivity contribution in [2.75, 3.05) is 7.11 Å². The van der Waals surface area contributed by atoms with E-state index in [0.717, 1.165) is 22.7 Å². The average molecular weight is 462 g/mol. The van der Waals surface area contributed by atoms with E-state index in [1.807, 2.05) is 51.1 Å². The summed E-state index contributed by atoms with van der Waals surface area (Å²) in [4.78, 5) is 33.8. The summed E-state index contributed by atoms with van der Waals surface area (Å²) in [5, 5.41) is 11.9. The molecule has 34 heavy (non-hydrogen) atoms. The predicted molar refractivity (Wildman–Crippen MR) is 127 cm³/mol. The molecule has 176 valence electrons. The van der Waals surface area contributed by atoms with E-state index < -0.39 is 0 Å². The molecular formula is C24H27N7O3. The van der Waals surface area contributed by atoms with E-state index in [2.05, 4.69) is 25.5 Å². The Morgan fingerprint density at radius 2 is 1.85 bits per heavy atom. The van der Waals surface area contributed by atoms with Gasteiger partial charge in [0.2, 0.25) is 5.91 Å². The zero-order valence-corrected chi connectivity index (χ0v) is 19.6. The average Bonchev–Trinajstić information content (AvgIpc) is 3.22. The summed E-state index contributed by atoms with van der Waals surface area (Å²) >= 11 is 0. The second-order valence-electron chi connectivity index (χ2n) is 8.10. The van der Waals surface area contributed by atoms with E-state index in [1.54, 1.807) is 17.7 Å². The number of rotatable bonds is 8. The first kappa shape index (κ1) is 23.1. The molecule has 0 unspecified atom stereocenters. The van der Waals surface area contributed by atoms with Gasteiger partial charge in [-0.05, 0) is 56.7 Å². The van der Waals surface area contributed by atoms with Gasteiger partial charge in [-0.25, -0.2) is 14.2 Å². The topological polar surface area (TPSA) is 116 Å². The van der Waals surface area contributed by atoms with E-state index in [9.17, 15) is 9.59 Å². The molecule has 0 bridgehead atoms. The molecule has 10 heteroatoms. The third-order valence-corrected chi connectivity index (χ3v) is 5.48. The first-order valence-corrected chi connectivity index (χ1v) is 11.1. The highest BCUT2D eigenvalue weighted by atomic mass is 16.5. The molecule has 3 heterocycles. The smallest absolute Gasteiger partial charge is 0.266 e. The Labute approximate surface area is 196 Å². The molecule has 0 aliphatic carbocycles. The quantitative estimate of drug-likeness (QED) is 0.427. The van der Waals surface area contributed by atoms with E-state index >= 15 is 0 Å². The zero-order valence-electron chi connectivity index (χ0n) is 19.6. The number of ether oxygens (including phenoxy) is 1. The number of hydrogen-bond acceptors (Lipinski definition) is 7. The summed E-state index contributed by atoms with van der Waals surface area (Å²) in [6, 6.07) is 12.3. The predicted octanol–water partition coefficient (Wildman–Crippen LogP) is 2.11. The molecule has 1 aromatic carbocycles. The fraction of sp³-hybridized carbons (Fsp3) is 0.333. The lowest BCUT2D eigenvalue weighted by atomic mass is 10.1. The number of aromatic nitrogens is 6. The van der Waals surface area contributed by atoms with Crippen LogP contribution in [0.5, 0.6) is 5.75 Å². The lowest BCUT2D eigenvalue weighted by Crippen LogP contribution is -2.41. The van der Waals surface area contributed by atoms with Gasteiger partial charge in [-0.3, -0.25) is 9.59 Å². The molecule has 0 aliphatic rings. The summed E-state index contributed by atoms with van der Waals surface area (Å²) in [7, 11) is 1.61. The fourth-order valence-corrected chi connectivity index (χ4v) is 3.69. The van der Waals surface area contributed by atoms with Crippen molar-refractivity contribution in [1.29, 1.82) is 0 Å². The lowest BCUT2D eigenvalue weighted by Gasteiger charge is -2.17. The number of hydrogen-bond donors (Lipinski definition) is 1. The van der Waals surface area contributed by atoms with Crippen LogP contribution in [0.2, 0.25) is 0 Å². The number of benzene rings is 1. The minimum absolute atomic E-state index is 0.0204. The Balaban J connectivity index is 1.46. The Kier molecular flexibility index (Phi) is 6.67. The highest BCUT2D eigenvalue weighted by Gasteiger charge is 2.16. The first-order valence-electron chi connectivity index (χ1n) is 11.1.